The van der Waals surface area contributed by atoms with Crippen LogP contribution in [-0.2, 0) is 0 Å². The molecular formula is C24H24Cl2N2O3S. The van der Waals surface area contributed by atoms with E-state index < -0.39 is 5.66 Å². The maximum absolute atomic E-state index is 13.8. The fourth-order valence-electron chi connectivity index (χ4n) is 4.47. The molecule has 1 aliphatic heterocycles. The van der Waals surface area contributed by atoms with Crippen LogP contribution in [0.1, 0.15) is 54.4 Å². The van der Waals surface area contributed by atoms with E-state index in [2.05, 4.69) is 0 Å². The van der Waals surface area contributed by atoms with E-state index in [9.17, 15) is 4.79 Å². The monoisotopic (exact) mass is 490 g/mol. The maximum atomic E-state index is 13.8. The van der Waals surface area contributed by atoms with Crippen LogP contribution >= 0.6 is 35.4 Å². The van der Waals surface area contributed by atoms with Gasteiger partial charge in [0.05, 0.1) is 19.2 Å². The lowest BCUT2D eigenvalue weighted by Gasteiger charge is -2.35. The molecule has 32 heavy (non-hydrogen) atoms. The lowest BCUT2D eigenvalue weighted by Crippen LogP contribution is -2.49. The molecular weight excluding hydrogens is 467 g/mol. The normalized spacial score (nSPS) is 17.8. The summed E-state index contributed by atoms with van der Waals surface area (Å²) in [6, 6.07) is 10.4. The molecule has 2 aromatic carbocycles. The summed E-state index contributed by atoms with van der Waals surface area (Å²) in [5.41, 5.74) is 1.01. The van der Waals surface area contributed by atoms with Gasteiger partial charge in [-0.1, -0.05) is 48.3 Å². The van der Waals surface area contributed by atoms with Gasteiger partial charge in [-0.2, -0.15) is 0 Å². The first-order valence-electron chi connectivity index (χ1n) is 10.6. The van der Waals surface area contributed by atoms with Gasteiger partial charge in [-0.3, -0.25) is 14.7 Å². The lowest BCUT2D eigenvalue weighted by atomic mass is 9.98. The van der Waals surface area contributed by atoms with E-state index in [1.54, 1.807) is 49.5 Å². The molecule has 0 N–H and O–H groups in total. The van der Waals surface area contributed by atoms with Gasteiger partial charge in [0.25, 0.3) is 5.91 Å². The van der Waals surface area contributed by atoms with E-state index in [4.69, 9.17) is 49.9 Å². The molecule has 4 rings (SSSR count). The molecule has 1 aliphatic carbocycles. The highest BCUT2D eigenvalue weighted by molar-refractivity contribution is 7.82. The predicted molar refractivity (Wildman–Crippen MR) is 132 cm³/mol. The molecule has 168 valence electrons. The van der Waals surface area contributed by atoms with Crippen LogP contribution in [0.5, 0.6) is 11.5 Å². The minimum Gasteiger partial charge on any atom is -0.493 e. The maximum Gasteiger partial charge on any atom is 0.261 e. The van der Waals surface area contributed by atoms with Crippen molar-refractivity contribution in [2.75, 3.05) is 14.2 Å². The molecule has 0 radical (unpaired) electrons. The Hall–Kier alpha value is -2.15. The number of halogens is 2. The number of carbonyl (C=O) groups is 1. The van der Waals surface area contributed by atoms with E-state index in [-0.39, 0.29) is 5.91 Å². The quantitative estimate of drug-likeness (QED) is 0.469. The van der Waals surface area contributed by atoms with Gasteiger partial charge in [-0.15, -0.1) is 0 Å². The third kappa shape index (κ3) is 4.12. The van der Waals surface area contributed by atoms with Gasteiger partial charge in [-0.25, -0.2) is 0 Å². The summed E-state index contributed by atoms with van der Waals surface area (Å²) in [4.78, 5) is 21.0. The van der Waals surface area contributed by atoms with Crippen LogP contribution in [0, 0.1) is 0 Å². The van der Waals surface area contributed by atoms with Crippen molar-refractivity contribution < 1.29 is 14.3 Å². The average Bonchev–Trinajstić information content (AvgIpc) is 2.92. The van der Waals surface area contributed by atoms with Crippen LogP contribution in [0.4, 0.5) is 0 Å². The van der Waals surface area contributed by atoms with Crippen molar-refractivity contribution in [2.24, 2.45) is 4.99 Å². The zero-order valence-electron chi connectivity index (χ0n) is 18.0. The number of hydrogen-bond donors (Lipinski definition) is 0. The van der Waals surface area contributed by atoms with Crippen molar-refractivity contribution >= 4 is 52.0 Å². The smallest absolute Gasteiger partial charge is 0.261 e. The summed E-state index contributed by atoms with van der Waals surface area (Å²) in [7, 11) is 3.11. The molecule has 5 nitrogen and oxygen atoms in total. The molecule has 1 fully saturated rings. The molecule has 1 saturated carbocycles. The number of methoxy groups -OCH3 is 2. The van der Waals surface area contributed by atoms with Gasteiger partial charge in [0, 0.05) is 16.1 Å². The van der Waals surface area contributed by atoms with Gasteiger partial charge in [0.15, 0.2) is 11.5 Å². The van der Waals surface area contributed by atoms with E-state index in [1.165, 1.54) is 0 Å². The number of amides is 1. The number of aliphatic imine (C=N–C) groups is 1. The van der Waals surface area contributed by atoms with Gasteiger partial charge in [0.2, 0.25) is 0 Å². The van der Waals surface area contributed by atoms with Crippen LogP contribution in [0.3, 0.4) is 0 Å². The fourth-order valence-corrected chi connectivity index (χ4v) is 5.37. The van der Waals surface area contributed by atoms with Crippen LogP contribution in [0.15, 0.2) is 41.4 Å². The highest BCUT2D eigenvalue weighted by Crippen LogP contribution is 2.41. The van der Waals surface area contributed by atoms with Gasteiger partial charge < -0.3 is 9.47 Å². The van der Waals surface area contributed by atoms with Crippen LogP contribution in [-0.4, -0.2) is 41.4 Å². The zero-order valence-corrected chi connectivity index (χ0v) is 20.3. The summed E-state index contributed by atoms with van der Waals surface area (Å²) in [6.07, 6.45) is 5.67. The molecule has 1 amide bonds. The van der Waals surface area contributed by atoms with Crippen molar-refractivity contribution in [3.05, 3.63) is 57.6 Å². The van der Waals surface area contributed by atoms with Crippen molar-refractivity contribution in [1.82, 2.24) is 4.90 Å². The lowest BCUT2D eigenvalue weighted by molar-refractivity contribution is 0.0691. The highest BCUT2D eigenvalue weighted by atomic mass is 35.5. The Kier molecular flexibility index (Phi) is 6.75. The van der Waals surface area contributed by atoms with Crippen molar-refractivity contribution in [3.63, 3.8) is 0 Å². The molecule has 0 bridgehead atoms. The fraction of sp³-hybridized carbons (Fsp3) is 0.375. The van der Waals surface area contributed by atoms with Crippen LogP contribution in [0.25, 0.3) is 0 Å². The average molecular weight is 491 g/mol. The second-order valence-electron chi connectivity index (χ2n) is 8.00. The van der Waals surface area contributed by atoms with E-state index in [0.29, 0.717) is 43.4 Å². The Morgan fingerprint density at radius 2 is 1.69 bits per heavy atom. The topological polar surface area (TPSA) is 51.1 Å². The van der Waals surface area contributed by atoms with E-state index in [0.717, 1.165) is 38.5 Å². The number of benzene rings is 2. The summed E-state index contributed by atoms with van der Waals surface area (Å²) in [5, 5.41) is 0.994. The van der Waals surface area contributed by atoms with Crippen molar-refractivity contribution in [3.8, 4) is 11.5 Å². The molecule has 0 aromatic heterocycles. The Balaban J connectivity index is 1.79. The molecule has 8 heteroatoms. The highest BCUT2D eigenvalue weighted by Gasteiger charge is 2.48. The number of nitrogens with zero attached hydrogens (tertiary/aromatic N) is 2. The predicted octanol–water partition coefficient (Wildman–Crippen LogP) is 6.33. The van der Waals surface area contributed by atoms with Gasteiger partial charge in [-0.05, 0) is 62.1 Å². The zero-order chi connectivity index (χ0) is 22.9. The molecule has 0 unspecified atom stereocenters. The van der Waals surface area contributed by atoms with Crippen LogP contribution in [0.2, 0.25) is 10.0 Å². The number of rotatable bonds is 4. The molecule has 0 saturated heterocycles. The summed E-state index contributed by atoms with van der Waals surface area (Å²) >= 11 is 18.4. The Morgan fingerprint density at radius 1 is 1.00 bits per heavy atom. The van der Waals surface area contributed by atoms with Crippen LogP contribution < -0.4 is 9.47 Å². The Labute approximate surface area is 203 Å². The number of carbonyl (C=O) groups excluding carboxylic acids is 1. The number of ether oxygens (including phenoxy) is 2. The minimum absolute atomic E-state index is 0.207. The standard InChI is InChI=1S/C24H24Cl2N2O3S/c1-30-19-10-7-15(13-20(19)31-2)22(29)28-23(32)21(17-9-8-16(25)14-18(17)26)27-24(28)11-5-3-4-6-12-24/h7-10,13-14H,3-6,11-12H2,1-2H3. The van der Waals surface area contributed by atoms with E-state index >= 15 is 0 Å². The molecule has 0 atom stereocenters. The largest absolute Gasteiger partial charge is 0.493 e. The third-order valence-electron chi connectivity index (χ3n) is 6.07. The molecule has 2 aromatic rings. The summed E-state index contributed by atoms with van der Waals surface area (Å²) < 4.78 is 10.7. The SMILES string of the molecule is COc1ccc(C(=O)N2C(=S)C(c3ccc(Cl)cc3Cl)=NC23CCCCCC3)cc1OC. The first kappa shape index (κ1) is 23.0. The summed E-state index contributed by atoms with van der Waals surface area (Å²) in [6.45, 7) is 0. The first-order chi connectivity index (χ1) is 15.4. The molecule has 2 aliphatic rings. The number of thiocarbonyl (C=S) groups is 1. The van der Waals surface area contributed by atoms with Crippen molar-refractivity contribution in [2.45, 2.75) is 44.2 Å². The van der Waals surface area contributed by atoms with Crippen molar-refractivity contribution in [1.29, 1.82) is 0 Å². The summed E-state index contributed by atoms with van der Waals surface area (Å²) in [5.74, 6) is 0.837. The van der Waals surface area contributed by atoms with Gasteiger partial charge >= 0.3 is 0 Å². The molecule has 1 spiro atoms. The third-order valence-corrected chi connectivity index (χ3v) is 6.99. The van der Waals surface area contributed by atoms with Gasteiger partial charge in [0.1, 0.15) is 16.4 Å². The Morgan fingerprint density at radius 3 is 2.31 bits per heavy atom. The number of hydrogen-bond acceptors (Lipinski definition) is 5. The first-order valence-corrected chi connectivity index (χ1v) is 11.7. The van der Waals surface area contributed by atoms with E-state index in [1.807, 2.05) is 6.07 Å². The second kappa shape index (κ2) is 9.38. The minimum atomic E-state index is -0.712. The molecule has 1 heterocycles. The second-order valence-corrected chi connectivity index (χ2v) is 9.23. The Bertz CT molecular complexity index is 1090.